The number of para-hydroxylation sites is 1. The van der Waals surface area contributed by atoms with Crippen LogP contribution in [0.2, 0.25) is 0 Å². The van der Waals surface area contributed by atoms with Crippen molar-refractivity contribution in [3.63, 3.8) is 0 Å². The Bertz CT molecular complexity index is 993. The summed E-state index contributed by atoms with van der Waals surface area (Å²) >= 11 is 0. The van der Waals surface area contributed by atoms with Crippen LogP contribution < -0.4 is 16.0 Å². The van der Waals surface area contributed by atoms with Gasteiger partial charge in [0.25, 0.3) is 5.91 Å². The molecule has 0 radical (unpaired) electrons. The summed E-state index contributed by atoms with van der Waals surface area (Å²) in [7, 11) is 0. The lowest BCUT2D eigenvalue weighted by molar-refractivity contribution is -0.136. The van der Waals surface area contributed by atoms with Crippen molar-refractivity contribution in [2.75, 3.05) is 5.32 Å². The minimum atomic E-state index is -0.857. The van der Waals surface area contributed by atoms with Crippen LogP contribution in [0, 0.1) is 0 Å². The Labute approximate surface area is 167 Å². The van der Waals surface area contributed by atoms with Gasteiger partial charge in [-0.15, -0.1) is 0 Å². The number of carbonyl (C=O) groups is 3. The van der Waals surface area contributed by atoms with Crippen LogP contribution in [0.1, 0.15) is 21.6 Å². The summed E-state index contributed by atoms with van der Waals surface area (Å²) in [5.74, 6) is -2.04. The molecular formula is C21H19N5O3. The maximum absolute atomic E-state index is 12.5. The summed E-state index contributed by atoms with van der Waals surface area (Å²) in [6, 6.07) is 15.3. The van der Waals surface area contributed by atoms with Crippen LogP contribution in [0.25, 0.3) is 0 Å². The van der Waals surface area contributed by atoms with Gasteiger partial charge in [-0.1, -0.05) is 18.2 Å². The Morgan fingerprint density at radius 2 is 1.52 bits per heavy atom. The van der Waals surface area contributed by atoms with Gasteiger partial charge in [-0.05, 0) is 42.0 Å². The molecule has 8 heteroatoms. The van der Waals surface area contributed by atoms with E-state index in [9.17, 15) is 14.4 Å². The molecule has 146 valence electrons. The Morgan fingerprint density at radius 1 is 0.759 bits per heavy atom. The molecule has 2 aromatic heterocycles. The molecule has 29 heavy (non-hydrogen) atoms. The van der Waals surface area contributed by atoms with Gasteiger partial charge in [0.15, 0.2) is 0 Å². The minimum absolute atomic E-state index is 0.195. The van der Waals surface area contributed by atoms with E-state index in [0.29, 0.717) is 5.69 Å². The predicted molar refractivity (Wildman–Crippen MR) is 107 cm³/mol. The zero-order chi connectivity index (χ0) is 20.5. The lowest BCUT2D eigenvalue weighted by Crippen LogP contribution is -2.35. The smallest absolute Gasteiger partial charge is 0.313 e. The van der Waals surface area contributed by atoms with Crippen LogP contribution in [-0.2, 0) is 22.7 Å². The molecule has 1 aromatic carbocycles. The second kappa shape index (κ2) is 9.75. The third kappa shape index (κ3) is 5.70. The van der Waals surface area contributed by atoms with Crippen LogP contribution >= 0.6 is 0 Å². The van der Waals surface area contributed by atoms with Crippen molar-refractivity contribution in [3.8, 4) is 0 Å². The first-order valence-electron chi connectivity index (χ1n) is 8.88. The highest BCUT2D eigenvalue weighted by Crippen LogP contribution is 2.15. The van der Waals surface area contributed by atoms with Crippen molar-refractivity contribution in [2.45, 2.75) is 13.1 Å². The fourth-order valence-electron chi connectivity index (χ4n) is 2.50. The average molecular weight is 389 g/mol. The van der Waals surface area contributed by atoms with Crippen LogP contribution in [0.3, 0.4) is 0 Å². The van der Waals surface area contributed by atoms with E-state index in [0.717, 1.165) is 5.56 Å². The van der Waals surface area contributed by atoms with E-state index in [-0.39, 0.29) is 30.2 Å². The molecule has 0 aliphatic heterocycles. The topological polar surface area (TPSA) is 113 Å². The third-order valence-corrected chi connectivity index (χ3v) is 3.98. The third-order valence-electron chi connectivity index (χ3n) is 3.98. The van der Waals surface area contributed by atoms with E-state index in [1.165, 1.54) is 0 Å². The second-order valence-corrected chi connectivity index (χ2v) is 6.04. The van der Waals surface area contributed by atoms with Crippen molar-refractivity contribution in [3.05, 3.63) is 90.0 Å². The number of hydrogen-bond acceptors (Lipinski definition) is 5. The second-order valence-electron chi connectivity index (χ2n) is 6.04. The van der Waals surface area contributed by atoms with E-state index >= 15 is 0 Å². The van der Waals surface area contributed by atoms with Crippen molar-refractivity contribution in [2.24, 2.45) is 0 Å². The Morgan fingerprint density at radius 3 is 2.28 bits per heavy atom. The summed E-state index contributed by atoms with van der Waals surface area (Å²) in [5.41, 5.74) is 2.02. The molecule has 0 aliphatic carbocycles. The summed E-state index contributed by atoms with van der Waals surface area (Å²) in [6.07, 6.45) is 4.84. The van der Waals surface area contributed by atoms with Gasteiger partial charge in [0, 0.05) is 25.1 Å². The highest BCUT2D eigenvalue weighted by Gasteiger charge is 2.17. The molecule has 0 aliphatic rings. The van der Waals surface area contributed by atoms with Crippen molar-refractivity contribution in [1.82, 2.24) is 20.6 Å². The van der Waals surface area contributed by atoms with Gasteiger partial charge < -0.3 is 16.0 Å². The summed E-state index contributed by atoms with van der Waals surface area (Å²) in [4.78, 5) is 44.8. The maximum Gasteiger partial charge on any atom is 0.313 e. The number of amides is 3. The monoisotopic (exact) mass is 389 g/mol. The normalized spacial score (nSPS) is 10.1. The Hall–Kier alpha value is -4.07. The molecule has 3 amide bonds. The minimum Gasteiger partial charge on any atom is -0.346 e. The van der Waals surface area contributed by atoms with Crippen molar-refractivity contribution >= 4 is 23.4 Å². The number of nitrogens with one attached hydrogen (secondary N) is 3. The first kappa shape index (κ1) is 19.7. The highest BCUT2D eigenvalue weighted by molar-refractivity contribution is 6.40. The first-order valence-corrected chi connectivity index (χ1v) is 8.88. The lowest BCUT2D eigenvalue weighted by atomic mass is 10.1. The molecule has 3 N–H and O–H groups in total. The summed E-state index contributed by atoms with van der Waals surface area (Å²) in [6.45, 7) is 0.440. The average Bonchev–Trinajstić information content (AvgIpc) is 2.77. The number of rotatable bonds is 6. The van der Waals surface area contributed by atoms with E-state index in [1.54, 1.807) is 67.1 Å². The molecule has 2 heterocycles. The van der Waals surface area contributed by atoms with Crippen LogP contribution in [-0.4, -0.2) is 27.7 Å². The zero-order valence-electron chi connectivity index (χ0n) is 15.5. The quantitative estimate of drug-likeness (QED) is 0.555. The fourth-order valence-corrected chi connectivity index (χ4v) is 2.50. The molecule has 0 bridgehead atoms. The van der Waals surface area contributed by atoms with Crippen LogP contribution in [0.4, 0.5) is 5.69 Å². The van der Waals surface area contributed by atoms with E-state index in [4.69, 9.17) is 0 Å². The van der Waals surface area contributed by atoms with E-state index in [1.807, 2.05) is 6.07 Å². The zero-order valence-corrected chi connectivity index (χ0v) is 15.5. The summed E-state index contributed by atoms with van der Waals surface area (Å²) in [5, 5.41) is 7.76. The molecular weight excluding hydrogens is 370 g/mol. The summed E-state index contributed by atoms with van der Waals surface area (Å²) < 4.78 is 0. The van der Waals surface area contributed by atoms with Gasteiger partial charge in [0.1, 0.15) is 0 Å². The van der Waals surface area contributed by atoms with E-state index < -0.39 is 11.8 Å². The first-order chi connectivity index (χ1) is 14.1. The standard InChI is InChI=1S/C21H19N5O3/c27-19(25-14-16-5-3-4-10-23-16)17-6-1-2-7-18(17)26-21(29)20(28)24-13-15-8-11-22-12-9-15/h1-12H,13-14H2,(H,24,28)(H,25,27)(H,26,29). The molecule has 0 fully saturated rings. The Kier molecular flexibility index (Phi) is 6.62. The van der Waals surface area contributed by atoms with Gasteiger partial charge in [-0.3, -0.25) is 24.4 Å². The Balaban J connectivity index is 1.59. The largest absolute Gasteiger partial charge is 0.346 e. The molecule has 3 rings (SSSR count). The van der Waals surface area contributed by atoms with Gasteiger partial charge in [-0.25, -0.2) is 0 Å². The predicted octanol–water partition coefficient (Wildman–Crippen LogP) is 1.66. The number of hydrogen-bond donors (Lipinski definition) is 3. The van der Waals surface area contributed by atoms with Crippen molar-refractivity contribution in [1.29, 1.82) is 0 Å². The number of nitrogens with zero attached hydrogens (tertiary/aromatic N) is 2. The number of carbonyl (C=O) groups excluding carboxylic acids is 3. The maximum atomic E-state index is 12.5. The number of aromatic nitrogens is 2. The van der Waals surface area contributed by atoms with Crippen molar-refractivity contribution < 1.29 is 14.4 Å². The number of benzene rings is 1. The molecule has 0 saturated carbocycles. The number of anilines is 1. The lowest BCUT2D eigenvalue weighted by Gasteiger charge is -2.11. The van der Waals surface area contributed by atoms with Gasteiger partial charge in [0.05, 0.1) is 23.5 Å². The number of pyridine rings is 2. The molecule has 3 aromatic rings. The fraction of sp³-hybridized carbons (Fsp3) is 0.0952. The van der Waals surface area contributed by atoms with Crippen LogP contribution in [0.15, 0.2) is 73.2 Å². The molecule has 0 saturated heterocycles. The van der Waals surface area contributed by atoms with Gasteiger partial charge in [0.2, 0.25) is 0 Å². The molecule has 8 nitrogen and oxygen atoms in total. The van der Waals surface area contributed by atoms with Gasteiger partial charge >= 0.3 is 11.8 Å². The molecule has 0 spiro atoms. The SMILES string of the molecule is O=C(NCc1ccncc1)C(=O)Nc1ccccc1C(=O)NCc1ccccn1. The van der Waals surface area contributed by atoms with Gasteiger partial charge in [-0.2, -0.15) is 0 Å². The highest BCUT2D eigenvalue weighted by atomic mass is 16.2. The molecule has 0 unspecified atom stereocenters. The molecule has 0 atom stereocenters. The van der Waals surface area contributed by atoms with Crippen LogP contribution in [0.5, 0.6) is 0 Å². The van der Waals surface area contributed by atoms with E-state index in [2.05, 4.69) is 25.9 Å².